The third-order valence-electron chi connectivity index (χ3n) is 4.28. The van der Waals surface area contributed by atoms with Crippen molar-refractivity contribution in [2.75, 3.05) is 26.2 Å². The number of fused-ring (bicyclic) bond motifs is 1. The maximum atomic E-state index is 6.24. The predicted octanol–water partition coefficient (Wildman–Crippen LogP) is 3.89. The number of likely N-dealkylation sites (tertiary alicyclic amines) is 1. The fourth-order valence-corrected chi connectivity index (χ4v) is 3.91. The number of hydrogen-bond donors (Lipinski definition) is 1. The predicted molar refractivity (Wildman–Crippen MR) is 87.6 cm³/mol. The van der Waals surface area contributed by atoms with Gasteiger partial charge in [-0.05, 0) is 45.0 Å². The van der Waals surface area contributed by atoms with Crippen molar-refractivity contribution in [2.45, 2.75) is 38.3 Å². The third-order valence-corrected chi connectivity index (χ3v) is 4.78. The quantitative estimate of drug-likeness (QED) is 0.907. The highest BCUT2D eigenvalue weighted by Crippen LogP contribution is 2.40. The summed E-state index contributed by atoms with van der Waals surface area (Å²) >= 11 is 12.4. The van der Waals surface area contributed by atoms with Crippen molar-refractivity contribution in [3.8, 4) is 5.75 Å². The number of ether oxygens (including phenoxy) is 1. The van der Waals surface area contributed by atoms with E-state index in [1.165, 1.54) is 25.9 Å². The summed E-state index contributed by atoms with van der Waals surface area (Å²) in [4.78, 5) is 2.53. The molecular weight excluding hydrogens is 307 g/mol. The molecule has 0 saturated carbocycles. The molecule has 2 heterocycles. The van der Waals surface area contributed by atoms with Gasteiger partial charge < -0.3 is 15.0 Å². The Hall–Kier alpha value is -0.480. The largest absolute Gasteiger partial charge is 0.492 e. The van der Waals surface area contributed by atoms with Gasteiger partial charge in [-0.3, -0.25) is 0 Å². The summed E-state index contributed by atoms with van der Waals surface area (Å²) in [5, 5.41) is 4.99. The van der Waals surface area contributed by atoms with Crippen LogP contribution in [0.5, 0.6) is 5.75 Å². The summed E-state index contributed by atoms with van der Waals surface area (Å²) in [5.41, 5.74) is 1.09. The molecule has 5 heteroatoms. The van der Waals surface area contributed by atoms with Crippen LogP contribution in [0.3, 0.4) is 0 Å². The van der Waals surface area contributed by atoms with Crippen molar-refractivity contribution < 1.29 is 4.74 Å². The molecule has 3 rings (SSSR count). The van der Waals surface area contributed by atoms with E-state index in [0.29, 0.717) is 22.7 Å². The average Bonchev–Trinajstić information content (AvgIpc) is 2.92. The Morgan fingerprint density at radius 3 is 2.86 bits per heavy atom. The summed E-state index contributed by atoms with van der Waals surface area (Å²) in [6, 6.07) is 4.43. The van der Waals surface area contributed by atoms with Crippen LogP contribution in [-0.4, -0.2) is 37.2 Å². The van der Waals surface area contributed by atoms with Crippen LogP contribution in [0.15, 0.2) is 12.1 Å². The van der Waals surface area contributed by atoms with Gasteiger partial charge in [0.1, 0.15) is 5.75 Å². The smallest absolute Gasteiger partial charge is 0.142 e. The Balaban J connectivity index is 1.69. The van der Waals surface area contributed by atoms with E-state index < -0.39 is 0 Å². The molecule has 21 heavy (non-hydrogen) atoms. The molecule has 0 aliphatic carbocycles. The number of nitrogens with zero attached hydrogens (tertiary/aromatic N) is 1. The standard InChI is InChI=1S/C16H22Cl2N2O/c1-11(10-20-5-2-3-6-20)19-15-4-7-21-16-13(15)8-12(17)9-14(16)18/h8-9,11,15,19H,2-7,10H2,1H3. The van der Waals surface area contributed by atoms with Crippen LogP contribution in [0.25, 0.3) is 0 Å². The Morgan fingerprint density at radius 2 is 2.10 bits per heavy atom. The first kappa shape index (κ1) is 15.4. The number of halogens is 2. The van der Waals surface area contributed by atoms with Gasteiger partial charge in [-0.15, -0.1) is 0 Å². The minimum atomic E-state index is 0.266. The molecule has 2 aliphatic heterocycles. The number of hydrogen-bond acceptors (Lipinski definition) is 3. The zero-order valence-electron chi connectivity index (χ0n) is 12.4. The molecule has 0 bridgehead atoms. The SMILES string of the molecule is CC(CN1CCCC1)NC1CCOc2c(Cl)cc(Cl)cc21. The lowest BCUT2D eigenvalue weighted by molar-refractivity contribution is 0.230. The monoisotopic (exact) mass is 328 g/mol. The topological polar surface area (TPSA) is 24.5 Å². The van der Waals surface area contributed by atoms with Crippen molar-refractivity contribution >= 4 is 23.2 Å². The highest BCUT2D eigenvalue weighted by molar-refractivity contribution is 6.35. The van der Waals surface area contributed by atoms with Crippen molar-refractivity contribution in [1.82, 2.24) is 10.2 Å². The second-order valence-electron chi connectivity index (χ2n) is 6.07. The fraction of sp³-hybridized carbons (Fsp3) is 0.625. The summed E-state index contributed by atoms with van der Waals surface area (Å²) in [5.74, 6) is 0.790. The first-order valence-corrected chi connectivity index (χ1v) is 8.49. The first-order valence-electron chi connectivity index (χ1n) is 7.73. The lowest BCUT2D eigenvalue weighted by Gasteiger charge is -2.31. The number of nitrogens with one attached hydrogen (secondary N) is 1. The highest BCUT2D eigenvalue weighted by Gasteiger charge is 2.26. The van der Waals surface area contributed by atoms with Crippen molar-refractivity contribution in [3.05, 3.63) is 27.7 Å². The van der Waals surface area contributed by atoms with Gasteiger partial charge in [0, 0.05) is 35.6 Å². The Bertz CT molecular complexity index is 503. The molecule has 0 aromatic heterocycles. The molecule has 116 valence electrons. The normalized spacial score (nSPS) is 23.7. The second-order valence-corrected chi connectivity index (χ2v) is 6.91. The maximum absolute atomic E-state index is 6.24. The molecule has 3 nitrogen and oxygen atoms in total. The lowest BCUT2D eigenvalue weighted by atomic mass is 9.99. The molecule has 0 amide bonds. The molecule has 1 aromatic carbocycles. The minimum Gasteiger partial charge on any atom is -0.492 e. The average molecular weight is 329 g/mol. The van der Waals surface area contributed by atoms with E-state index in [1.54, 1.807) is 6.07 Å². The van der Waals surface area contributed by atoms with Crippen LogP contribution >= 0.6 is 23.2 Å². The Kier molecular flexibility index (Phi) is 4.95. The van der Waals surface area contributed by atoms with Crippen LogP contribution in [0.4, 0.5) is 0 Å². The van der Waals surface area contributed by atoms with E-state index in [1.807, 2.05) is 6.07 Å². The number of rotatable bonds is 4. The number of benzene rings is 1. The Labute approximate surface area is 136 Å². The molecule has 1 fully saturated rings. The van der Waals surface area contributed by atoms with Crippen molar-refractivity contribution in [2.24, 2.45) is 0 Å². The zero-order chi connectivity index (χ0) is 14.8. The van der Waals surface area contributed by atoms with E-state index in [0.717, 1.165) is 24.3 Å². The maximum Gasteiger partial charge on any atom is 0.142 e. The molecule has 1 saturated heterocycles. The van der Waals surface area contributed by atoms with E-state index in [2.05, 4.69) is 17.1 Å². The molecule has 0 radical (unpaired) electrons. The summed E-state index contributed by atoms with van der Waals surface area (Å²) < 4.78 is 5.71. The van der Waals surface area contributed by atoms with Gasteiger partial charge in [0.2, 0.25) is 0 Å². The first-order chi connectivity index (χ1) is 10.1. The summed E-state index contributed by atoms with van der Waals surface area (Å²) in [6.45, 7) is 6.51. The van der Waals surface area contributed by atoms with Crippen LogP contribution in [-0.2, 0) is 0 Å². The second kappa shape index (κ2) is 6.74. The van der Waals surface area contributed by atoms with E-state index in [-0.39, 0.29) is 6.04 Å². The molecule has 2 aliphatic rings. The van der Waals surface area contributed by atoms with Gasteiger partial charge in [0.25, 0.3) is 0 Å². The van der Waals surface area contributed by atoms with E-state index in [9.17, 15) is 0 Å². The van der Waals surface area contributed by atoms with Gasteiger partial charge in [0.15, 0.2) is 0 Å². The van der Waals surface area contributed by atoms with Crippen LogP contribution in [0, 0.1) is 0 Å². The van der Waals surface area contributed by atoms with Gasteiger partial charge in [-0.25, -0.2) is 0 Å². The molecule has 2 unspecified atom stereocenters. The van der Waals surface area contributed by atoms with Crippen LogP contribution in [0.2, 0.25) is 10.0 Å². The molecule has 1 N–H and O–H groups in total. The van der Waals surface area contributed by atoms with Gasteiger partial charge >= 0.3 is 0 Å². The summed E-state index contributed by atoms with van der Waals surface area (Å²) in [6.07, 6.45) is 3.62. The van der Waals surface area contributed by atoms with Gasteiger partial charge in [-0.1, -0.05) is 23.2 Å². The molecule has 2 atom stereocenters. The van der Waals surface area contributed by atoms with Crippen LogP contribution in [0.1, 0.15) is 37.8 Å². The van der Waals surface area contributed by atoms with Gasteiger partial charge in [0.05, 0.1) is 11.6 Å². The van der Waals surface area contributed by atoms with E-state index in [4.69, 9.17) is 27.9 Å². The fourth-order valence-electron chi connectivity index (χ4n) is 3.35. The molecule has 0 spiro atoms. The molecular formula is C16H22Cl2N2O. The van der Waals surface area contributed by atoms with Crippen molar-refractivity contribution in [1.29, 1.82) is 0 Å². The third kappa shape index (κ3) is 3.65. The summed E-state index contributed by atoms with van der Waals surface area (Å²) in [7, 11) is 0. The lowest BCUT2D eigenvalue weighted by Crippen LogP contribution is -2.41. The Morgan fingerprint density at radius 1 is 1.33 bits per heavy atom. The molecule has 1 aromatic rings. The van der Waals surface area contributed by atoms with E-state index >= 15 is 0 Å². The minimum absolute atomic E-state index is 0.266. The zero-order valence-corrected chi connectivity index (χ0v) is 13.9. The van der Waals surface area contributed by atoms with Gasteiger partial charge in [-0.2, -0.15) is 0 Å². The highest BCUT2D eigenvalue weighted by atomic mass is 35.5. The van der Waals surface area contributed by atoms with Crippen LogP contribution < -0.4 is 10.1 Å². The van der Waals surface area contributed by atoms with Crippen molar-refractivity contribution in [3.63, 3.8) is 0 Å².